The van der Waals surface area contributed by atoms with Gasteiger partial charge in [-0.3, -0.25) is 9.13 Å². The van der Waals surface area contributed by atoms with Crippen molar-refractivity contribution in [1.29, 1.82) is 0 Å². The van der Waals surface area contributed by atoms with Crippen molar-refractivity contribution in [3.63, 3.8) is 0 Å². The van der Waals surface area contributed by atoms with E-state index in [9.17, 15) is 0 Å². The average molecular weight is 470 g/mol. The van der Waals surface area contributed by atoms with Crippen molar-refractivity contribution in [2.75, 3.05) is 0 Å². The monoisotopic (exact) mass is 469 g/mol. The fourth-order valence-electron chi connectivity index (χ4n) is 5.27. The van der Waals surface area contributed by atoms with Gasteiger partial charge in [0.2, 0.25) is 0 Å². The second kappa shape index (κ2) is 7.10. The van der Waals surface area contributed by atoms with Gasteiger partial charge in [0.15, 0.2) is 16.4 Å². The molecule has 0 saturated heterocycles. The molecule has 1 aliphatic rings. The standard InChI is InChI=1S/C29H19N5S/c1-2-10-18(11-3-1)33-22-15-7-4-12-19(22)25-27(33)31-26-20-13-5-8-16-23(20)34(28(26)32-25)29-30-21-14-6-9-17-24(21)35-29/h1-2,4-10,12-17H,3,11H2. The summed E-state index contributed by atoms with van der Waals surface area (Å²) in [6.07, 6.45) is 8.58. The number of thiazole rings is 1. The Bertz CT molecular complexity index is 1980. The highest BCUT2D eigenvalue weighted by molar-refractivity contribution is 7.20. The van der Waals surface area contributed by atoms with Crippen molar-refractivity contribution >= 4 is 71.4 Å². The van der Waals surface area contributed by atoms with E-state index in [1.165, 1.54) is 5.70 Å². The summed E-state index contributed by atoms with van der Waals surface area (Å²) >= 11 is 1.68. The molecule has 8 rings (SSSR count). The smallest absolute Gasteiger partial charge is 0.196 e. The Hall–Kier alpha value is -4.29. The molecule has 1 aliphatic carbocycles. The first-order chi connectivity index (χ1) is 17.4. The summed E-state index contributed by atoms with van der Waals surface area (Å²) in [5, 5.41) is 3.12. The number of rotatable bonds is 2. The van der Waals surface area contributed by atoms with Gasteiger partial charge in [-0.15, -0.1) is 0 Å². The molecule has 0 amide bonds. The largest absolute Gasteiger partial charge is 0.296 e. The van der Waals surface area contributed by atoms with E-state index in [0.717, 1.165) is 72.3 Å². The van der Waals surface area contributed by atoms with Gasteiger partial charge in [0.1, 0.15) is 11.0 Å². The van der Waals surface area contributed by atoms with Crippen LogP contribution in [0.3, 0.4) is 0 Å². The molecular weight excluding hydrogens is 450 g/mol. The maximum absolute atomic E-state index is 5.31. The summed E-state index contributed by atoms with van der Waals surface area (Å²) in [5.74, 6) is 0. The van der Waals surface area contributed by atoms with E-state index in [1.807, 2.05) is 6.07 Å². The lowest BCUT2D eigenvalue weighted by Gasteiger charge is -2.13. The van der Waals surface area contributed by atoms with Crippen LogP contribution in [0.4, 0.5) is 0 Å². The number of allylic oxidation sites excluding steroid dienone is 4. The molecular formula is C29H19N5S. The Morgan fingerprint density at radius 2 is 1.34 bits per heavy atom. The van der Waals surface area contributed by atoms with Crippen LogP contribution in [-0.2, 0) is 0 Å². The van der Waals surface area contributed by atoms with Crippen molar-refractivity contribution in [3.05, 3.63) is 91.0 Å². The van der Waals surface area contributed by atoms with Crippen LogP contribution in [0.15, 0.2) is 91.0 Å². The molecule has 6 heteroatoms. The number of aromatic nitrogens is 5. The molecule has 0 fully saturated rings. The lowest BCUT2D eigenvalue weighted by molar-refractivity contribution is 0.972. The van der Waals surface area contributed by atoms with Crippen LogP contribution in [-0.4, -0.2) is 24.1 Å². The second-order valence-electron chi connectivity index (χ2n) is 8.86. The molecule has 0 saturated carbocycles. The van der Waals surface area contributed by atoms with Gasteiger partial charge in [0.05, 0.1) is 21.3 Å². The van der Waals surface area contributed by atoms with E-state index in [1.54, 1.807) is 11.3 Å². The molecule has 0 aliphatic heterocycles. The Morgan fingerprint density at radius 1 is 0.686 bits per heavy atom. The lowest BCUT2D eigenvalue weighted by atomic mass is 10.1. The van der Waals surface area contributed by atoms with Crippen LogP contribution in [0.5, 0.6) is 0 Å². The SMILES string of the molecule is C1=CCCC(n2c3ccccc3c3nc4c(nc32)c2ccccc2n4-c2nc3ccccc3s2)=C1. The maximum atomic E-state index is 5.31. The minimum Gasteiger partial charge on any atom is -0.296 e. The number of hydrogen-bond donors (Lipinski definition) is 0. The van der Waals surface area contributed by atoms with Crippen LogP contribution in [0, 0.1) is 0 Å². The Kier molecular flexibility index (Phi) is 3.87. The summed E-state index contributed by atoms with van der Waals surface area (Å²) in [5.41, 5.74) is 8.06. The van der Waals surface area contributed by atoms with E-state index in [4.69, 9.17) is 15.0 Å². The van der Waals surface area contributed by atoms with E-state index in [0.29, 0.717) is 0 Å². The third-order valence-electron chi connectivity index (χ3n) is 6.84. The highest BCUT2D eigenvalue weighted by atomic mass is 32.1. The topological polar surface area (TPSA) is 48.5 Å². The van der Waals surface area contributed by atoms with E-state index in [2.05, 4.69) is 94.1 Å². The summed E-state index contributed by atoms with van der Waals surface area (Å²) in [7, 11) is 0. The molecule has 0 unspecified atom stereocenters. The summed E-state index contributed by atoms with van der Waals surface area (Å²) in [6.45, 7) is 0. The number of hydrogen-bond acceptors (Lipinski definition) is 4. The van der Waals surface area contributed by atoms with Crippen molar-refractivity contribution in [3.8, 4) is 5.13 Å². The van der Waals surface area contributed by atoms with Crippen LogP contribution >= 0.6 is 11.3 Å². The van der Waals surface area contributed by atoms with Gasteiger partial charge in [0.25, 0.3) is 0 Å². The zero-order chi connectivity index (χ0) is 22.9. The van der Waals surface area contributed by atoms with Crippen molar-refractivity contribution in [1.82, 2.24) is 24.1 Å². The van der Waals surface area contributed by atoms with Crippen LogP contribution < -0.4 is 0 Å². The molecule has 0 radical (unpaired) electrons. The number of nitrogens with zero attached hydrogens (tertiary/aromatic N) is 5. The normalized spacial score (nSPS) is 14.1. The Balaban J connectivity index is 1.54. The van der Waals surface area contributed by atoms with Gasteiger partial charge in [-0.25, -0.2) is 15.0 Å². The average Bonchev–Trinajstić information content (AvgIpc) is 3.57. The molecule has 35 heavy (non-hydrogen) atoms. The molecule has 0 atom stereocenters. The van der Waals surface area contributed by atoms with Crippen LogP contribution in [0.2, 0.25) is 0 Å². The predicted molar refractivity (Wildman–Crippen MR) is 145 cm³/mol. The molecule has 0 bridgehead atoms. The summed E-state index contributed by atoms with van der Waals surface area (Å²) in [4.78, 5) is 15.6. The molecule has 5 nitrogen and oxygen atoms in total. The van der Waals surface area contributed by atoms with Crippen molar-refractivity contribution < 1.29 is 0 Å². The van der Waals surface area contributed by atoms with E-state index >= 15 is 0 Å². The van der Waals surface area contributed by atoms with Gasteiger partial charge in [-0.05, 0) is 43.2 Å². The molecule has 4 heterocycles. The molecule has 3 aromatic carbocycles. The van der Waals surface area contributed by atoms with Gasteiger partial charge in [-0.1, -0.05) is 72.0 Å². The van der Waals surface area contributed by atoms with Crippen molar-refractivity contribution in [2.24, 2.45) is 0 Å². The van der Waals surface area contributed by atoms with E-state index < -0.39 is 0 Å². The zero-order valence-corrected chi connectivity index (χ0v) is 19.5. The van der Waals surface area contributed by atoms with Gasteiger partial charge < -0.3 is 0 Å². The minimum atomic E-state index is 0.846. The molecule has 166 valence electrons. The fraction of sp³-hybridized carbons (Fsp3) is 0.0690. The molecule has 0 N–H and O–H groups in total. The quantitative estimate of drug-likeness (QED) is 0.264. The first-order valence-electron chi connectivity index (χ1n) is 11.8. The Morgan fingerprint density at radius 3 is 2.06 bits per heavy atom. The zero-order valence-electron chi connectivity index (χ0n) is 18.7. The number of para-hydroxylation sites is 3. The number of fused-ring (bicyclic) bond motifs is 7. The van der Waals surface area contributed by atoms with Crippen molar-refractivity contribution in [2.45, 2.75) is 12.8 Å². The first-order valence-corrected chi connectivity index (χ1v) is 12.6. The Labute approximate surface area is 204 Å². The molecule has 7 aromatic rings. The summed E-state index contributed by atoms with van der Waals surface area (Å²) < 4.78 is 5.64. The fourth-order valence-corrected chi connectivity index (χ4v) is 6.25. The van der Waals surface area contributed by atoms with Crippen LogP contribution in [0.25, 0.3) is 65.2 Å². The van der Waals surface area contributed by atoms with Gasteiger partial charge >= 0.3 is 0 Å². The third-order valence-corrected chi connectivity index (χ3v) is 7.86. The van der Waals surface area contributed by atoms with Gasteiger partial charge in [-0.2, -0.15) is 0 Å². The van der Waals surface area contributed by atoms with Gasteiger partial charge in [0, 0.05) is 16.5 Å². The highest BCUT2D eigenvalue weighted by Crippen LogP contribution is 2.37. The minimum absolute atomic E-state index is 0.846. The summed E-state index contributed by atoms with van der Waals surface area (Å²) in [6, 6.07) is 25.2. The maximum Gasteiger partial charge on any atom is 0.196 e. The van der Waals surface area contributed by atoms with Crippen LogP contribution in [0.1, 0.15) is 12.8 Å². The highest BCUT2D eigenvalue weighted by Gasteiger charge is 2.22. The second-order valence-corrected chi connectivity index (χ2v) is 9.87. The third kappa shape index (κ3) is 2.65. The molecule has 4 aromatic heterocycles. The number of benzene rings is 3. The first kappa shape index (κ1) is 19.1. The van der Waals surface area contributed by atoms with E-state index in [-0.39, 0.29) is 0 Å². The molecule has 0 spiro atoms. The predicted octanol–water partition coefficient (Wildman–Crippen LogP) is 7.48. The lowest BCUT2D eigenvalue weighted by Crippen LogP contribution is -2.01.